The van der Waals surface area contributed by atoms with Crippen molar-refractivity contribution in [1.82, 2.24) is 15.0 Å². The number of aromatic amines is 1. The van der Waals surface area contributed by atoms with Gasteiger partial charge in [0.1, 0.15) is 5.15 Å². The lowest BCUT2D eigenvalue weighted by Gasteiger charge is -2.08. The van der Waals surface area contributed by atoms with E-state index in [9.17, 15) is 0 Å². The molecule has 1 N–H and O–H groups in total. The minimum absolute atomic E-state index is 0.632. The molecular weight excluding hydrogens is 356 g/mol. The summed E-state index contributed by atoms with van der Waals surface area (Å²) in [5.74, 6) is 0. The number of benzene rings is 2. The van der Waals surface area contributed by atoms with E-state index in [1.165, 1.54) is 5.56 Å². The zero-order valence-electron chi connectivity index (χ0n) is 14.2. The fraction of sp³-hybridized carbons (Fsp3) is 0.0455. The highest BCUT2D eigenvalue weighted by molar-refractivity contribution is 6.36. The Morgan fingerprint density at radius 2 is 1.52 bits per heavy atom. The van der Waals surface area contributed by atoms with E-state index in [0.717, 1.165) is 56.1 Å². The predicted molar refractivity (Wildman–Crippen MR) is 110 cm³/mol. The van der Waals surface area contributed by atoms with Gasteiger partial charge in [-0.05, 0) is 29.8 Å². The van der Waals surface area contributed by atoms with Gasteiger partial charge in [-0.15, -0.1) is 0 Å². The maximum atomic E-state index is 6.57. The van der Waals surface area contributed by atoms with Crippen LogP contribution in [0.2, 0.25) is 5.15 Å². The molecule has 0 radical (unpaired) electrons. The second-order valence-corrected chi connectivity index (χ2v) is 7.10. The predicted octanol–water partition coefficient (Wildman–Crippen LogP) is 5.59. The molecule has 4 heterocycles. The largest absolute Gasteiger partial charge is 0.345 e. The van der Waals surface area contributed by atoms with E-state index in [-0.39, 0.29) is 0 Å². The second-order valence-electron chi connectivity index (χ2n) is 6.72. The molecule has 6 rings (SSSR count). The highest BCUT2D eigenvalue weighted by Crippen LogP contribution is 2.42. The third-order valence-corrected chi connectivity index (χ3v) is 5.53. The standard InChI is InChI=1S/C22H13ClN4/c23-22-18(13-5-1-2-8-16(13)27-22)17-11-15-12-6-3-9-24-20(12)21-14(19(15)26-17)7-4-10-25-21/h1-10,27H,11H2. The molecule has 5 aromatic rings. The van der Waals surface area contributed by atoms with Crippen LogP contribution >= 0.6 is 11.6 Å². The van der Waals surface area contributed by atoms with Crippen LogP contribution in [0.4, 0.5) is 5.69 Å². The van der Waals surface area contributed by atoms with E-state index in [0.29, 0.717) is 5.15 Å². The highest BCUT2D eigenvalue weighted by atomic mass is 35.5. The number of halogens is 1. The maximum Gasteiger partial charge on any atom is 0.116 e. The zero-order valence-corrected chi connectivity index (χ0v) is 15.0. The van der Waals surface area contributed by atoms with Crippen molar-refractivity contribution in [1.29, 1.82) is 0 Å². The van der Waals surface area contributed by atoms with Crippen LogP contribution in [0.25, 0.3) is 32.7 Å². The topological polar surface area (TPSA) is 53.9 Å². The lowest BCUT2D eigenvalue weighted by molar-refractivity contribution is 1.35. The molecule has 1 aliphatic heterocycles. The van der Waals surface area contributed by atoms with Gasteiger partial charge in [-0.3, -0.25) is 15.0 Å². The number of H-pyrrole nitrogens is 1. The van der Waals surface area contributed by atoms with E-state index in [4.69, 9.17) is 16.6 Å². The molecule has 0 bridgehead atoms. The van der Waals surface area contributed by atoms with Crippen LogP contribution in [0.1, 0.15) is 11.1 Å². The van der Waals surface area contributed by atoms with Crippen molar-refractivity contribution in [2.75, 3.05) is 0 Å². The van der Waals surface area contributed by atoms with Crippen LogP contribution in [0.15, 0.2) is 65.9 Å². The summed E-state index contributed by atoms with van der Waals surface area (Å²) >= 11 is 6.57. The molecule has 0 aliphatic carbocycles. The minimum Gasteiger partial charge on any atom is -0.345 e. The quantitative estimate of drug-likeness (QED) is 0.392. The lowest BCUT2D eigenvalue weighted by atomic mass is 9.98. The Morgan fingerprint density at radius 3 is 2.37 bits per heavy atom. The van der Waals surface area contributed by atoms with Gasteiger partial charge in [-0.1, -0.05) is 35.9 Å². The molecular formula is C22H13ClN4. The Balaban J connectivity index is 1.68. The molecule has 0 saturated heterocycles. The van der Waals surface area contributed by atoms with Crippen LogP contribution in [-0.2, 0) is 6.42 Å². The Bertz CT molecular complexity index is 1410. The summed E-state index contributed by atoms with van der Waals surface area (Å²) in [4.78, 5) is 17.5. The molecule has 5 heteroatoms. The number of para-hydroxylation sites is 1. The van der Waals surface area contributed by atoms with Crippen LogP contribution < -0.4 is 0 Å². The summed E-state index contributed by atoms with van der Waals surface area (Å²) in [5, 5.41) is 3.87. The molecule has 0 atom stereocenters. The Kier molecular flexibility index (Phi) is 2.96. The number of pyridine rings is 2. The van der Waals surface area contributed by atoms with Crippen LogP contribution in [0, 0.1) is 0 Å². The van der Waals surface area contributed by atoms with Gasteiger partial charge in [0, 0.05) is 46.1 Å². The summed E-state index contributed by atoms with van der Waals surface area (Å²) < 4.78 is 0. The van der Waals surface area contributed by atoms with Crippen LogP contribution in [0.5, 0.6) is 0 Å². The summed E-state index contributed by atoms with van der Waals surface area (Å²) in [6.45, 7) is 0. The fourth-order valence-corrected chi connectivity index (χ4v) is 4.41. The SMILES string of the molecule is Clc1[nH]c2ccccc2c1C1=Nc2c(c3cccnc3c3ncccc23)C1. The smallest absolute Gasteiger partial charge is 0.116 e. The van der Waals surface area contributed by atoms with Crippen molar-refractivity contribution >= 4 is 55.7 Å². The number of rotatable bonds is 1. The highest BCUT2D eigenvalue weighted by Gasteiger charge is 2.26. The molecule has 0 saturated carbocycles. The van der Waals surface area contributed by atoms with Crippen LogP contribution in [0.3, 0.4) is 0 Å². The number of nitrogens with one attached hydrogen (secondary N) is 1. The van der Waals surface area contributed by atoms with E-state index in [1.54, 1.807) is 6.20 Å². The van der Waals surface area contributed by atoms with Crippen molar-refractivity contribution < 1.29 is 0 Å². The number of fused-ring (bicyclic) bond motifs is 7. The first kappa shape index (κ1) is 14.9. The minimum atomic E-state index is 0.632. The summed E-state index contributed by atoms with van der Waals surface area (Å²) in [6.07, 6.45) is 4.35. The second kappa shape index (κ2) is 5.38. The monoisotopic (exact) mass is 368 g/mol. The van der Waals surface area contributed by atoms with Gasteiger partial charge in [0.05, 0.1) is 22.4 Å². The van der Waals surface area contributed by atoms with Crippen molar-refractivity contribution in [3.05, 3.63) is 77.2 Å². The molecule has 3 aromatic heterocycles. The van der Waals surface area contributed by atoms with Gasteiger partial charge in [-0.2, -0.15) is 0 Å². The molecule has 0 amide bonds. The number of nitrogens with zero attached hydrogens (tertiary/aromatic N) is 3. The normalized spacial score (nSPS) is 13.4. The van der Waals surface area contributed by atoms with Gasteiger partial charge >= 0.3 is 0 Å². The van der Waals surface area contributed by atoms with Crippen molar-refractivity contribution in [2.24, 2.45) is 4.99 Å². The lowest BCUT2D eigenvalue weighted by Crippen LogP contribution is -2.00. The Labute approximate surface area is 159 Å². The third-order valence-electron chi connectivity index (χ3n) is 5.25. The first-order valence-corrected chi connectivity index (χ1v) is 9.17. The van der Waals surface area contributed by atoms with Gasteiger partial charge in [0.2, 0.25) is 0 Å². The van der Waals surface area contributed by atoms with E-state index in [1.807, 2.05) is 36.5 Å². The molecule has 128 valence electrons. The number of hydrogen-bond acceptors (Lipinski definition) is 3. The molecule has 0 fully saturated rings. The van der Waals surface area contributed by atoms with Crippen molar-refractivity contribution in [3.8, 4) is 0 Å². The number of hydrogen-bond donors (Lipinski definition) is 1. The van der Waals surface area contributed by atoms with Crippen molar-refractivity contribution in [3.63, 3.8) is 0 Å². The average molecular weight is 369 g/mol. The summed E-state index contributed by atoms with van der Waals surface area (Å²) in [5.41, 5.74) is 6.97. The van der Waals surface area contributed by atoms with Gasteiger partial charge < -0.3 is 4.98 Å². The van der Waals surface area contributed by atoms with Crippen LogP contribution in [-0.4, -0.2) is 20.7 Å². The maximum absolute atomic E-state index is 6.57. The molecule has 1 aliphatic rings. The third kappa shape index (κ3) is 2.02. The molecule has 4 nitrogen and oxygen atoms in total. The first-order valence-electron chi connectivity index (χ1n) is 8.79. The molecule has 27 heavy (non-hydrogen) atoms. The summed E-state index contributed by atoms with van der Waals surface area (Å²) in [6, 6.07) is 16.2. The van der Waals surface area contributed by atoms with Gasteiger partial charge in [-0.25, -0.2) is 0 Å². The van der Waals surface area contributed by atoms with E-state index >= 15 is 0 Å². The number of aromatic nitrogens is 3. The summed E-state index contributed by atoms with van der Waals surface area (Å²) in [7, 11) is 0. The average Bonchev–Trinajstić information content (AvgIpc) is 3.28. The fourth-order valence-electron chi connectivity index (χ4n) is 4.10. The molecule has 0 unspecified atom stereocenters. The molecule has 2 aromatic carbocycles. The Hall–Kier alpha value is -3.24. The van der Waals surface area contributed by atoms with Gasteiger partial charge in [0.25, 0.3) is 0 Å². The van der Waals surface area contributed by atoms with Crippen molar-refractivity contribution in [2.45, 2.75) is 6.42 Å². The van der Waals surface area contributed by atoms with E-state index < -0.39 is 0 Å². The first-order chi connectivity index (χ1) is 13.3. The molecule has 0 spiro atoms. The van der Waals surface area contributed by atoms with Gasteiger partial charge in [0.15, 0.2) is 0 Å². The number of aliphatic imine (C=N–C) groups is 1. The van der Waals surface area contributed by atoms with E-state index in [2.05, 4.69) is 33.2 Å². The Morgan fingerprint density at radius 1 is 0.815 bits per heavy atom. The zero-order chi connectivity index (χ0) is 18.0.